The molecule has 0 spiro atoms. The predicted molar refractivity (Wildman–Crippen MR) is 104 cm³/mol. The van der Waals surface area contributed by atoms with Crippen molar-refractivity contribution in [1.29, 1.82) is 0 Å². The van der Waals surface area contributed by atoms with Gasteiger partial charge in [-0.3, -0.25) is 0 Å². The van der Waals surface area contributed by atoms with Gasteiger partial charge < -0.3 is 0 Å². The van der Waals surface area contributed by atoms with Gasteiger partial charge in [0.15, 0.2) is 0 Å². The van der Waals surface area contributed by atoms with Crippen molar-refractivity contribution in [2.24, 2.45) is 0 Å². The summed E-state index contributed by atoms with van der Waals surface area (Å²) in [5.41, 5.74) is 0. The Morgan fingerprint density at radius 3 is 1.10 bits per heavy atom. The summed E-state index contributed by atoms with van der Waals surface area (Å²) in [5.74, 6) is 0. The minimum Gasteiger partial charge on any atom is -0.126 e. The minimum absolute atomic E-state index is 0.569. The highest BCUT2D eigenvalue weighted by atomic mass is 31.2. The lowest BCUT2D eigenvalue weighted by atomic mass is 10.1. The summed E-state index contributed by atoms with van der Waals surface area (Å²) < 4.78 is 0. The lowest BCUT2D eigenvalue weighted by Gasteiger charge is -2.35. The van der Waals surface area contributed by atoms with Crippen LogP contribution in [-0.4, -0.2) is 24.6 Å². The zero-order valence-corrected chi connectivity index (χ0v) is 16.7. The van der Waals surface area contributed by atoms with E-state index in [2.05, 4.69) is 27.7 Å². The predicted octanol–water partition coefficient (Wildman–Crippen LogP) is 7.76. The van der Waals surface area contributed by atoms with Gasteiger partial charge in [-0.05, 0) is 37.5 Å². The van der Waals surface area contributed by atoms with Crippen LogP contribution in [0.3, 0.4) is 0 Å². The van der Waals surface area contributed by atoms with Gasteiger partial charge in [0.1, 0.15) is 0 Å². The molecule has 0 rings (SSSR count). The highest BCUT2D eigenvalue weighted by Gasteiger charge is 2.21. The van der Waals surface area contributed by atoms with E-state index in [9.17, 15) is 0 Å². The maximum absolute atomic E-state index is 2.48. The van der Waals surface area contributed by atoms with E-state index in [-0.39, 0.29) is 0 Å². The highest BCUT2D eigenvalue weighted by Crippen LogP contribution is 2.59. The third-order valence-electron chi connectivity index (χ3n) is 5.31. The Morgan fingerprint density at radius 1 is 0.429 bits per heavy atom. The van der Waals surface area contributed by atoms with Crippen molar-refractivity contribution in [3.8, 4) is 0 Å². The van der Waals surface area contributed by atoms with Crippen molar-refractivity contribution in [2.45, 2.75) is 105 Å². The summed E-state index contributed by atoms with van der Waals surface area (Å²) in [6.07, 6.45) is 23.8. The molecule has 0 atom stereocenters. The van der Waals surface area contributed by atoms with Crippen LogP contribution in [-0.2, 0) is 0 Å². The molecule has 0 fully saturated rings. The zero-order chi connectivity index (χ0) is 15.8. The highest BCUT2D eigenvalue weighted by molar-refractivity contribution is 7.75. The number of rotatable bonds is 16. The van der Waals surface area contributed by atoms with E-state index >= 15 is 0 Å². The largest absolute Gasteiger partial charge is 0.126 e. The first-order chi connectivity index (χ1) is 10.2. The first kappa shape index (κ1) is 21.4. The van der Waals surface area contributed by atoms with Crippen LogP contribution in [0.1, 0.15) is 105 Å². The summed E-state index contributed by atoms with van der Waals surface area (Å²) in [4.78, 5) is 0. The lowest BCUT2D eigenvalue weighted by molar-refractivity contribution is 0.620. The molecule has 0 nitrogen and oxygen atoms in total. The molecule has 21 heavy (non-hydrogen) atoms. The molecular formula is C20H44P. The van der Waals surface area contributed by atoms with Gasteiger partial charge in [0.05, 0.1) is 0 Å². The fourth-order valence-corrected chi connectivity index (χ4v) is 7.15. The summed E-state index contributed by atoms with van der Waals surface area (Å²) in [6, 6.07) is 0. The average Bonchev–Trinajstić information content (AvgIpc) is 2.52. The lowest BCUT2D eigenvalue weighted by Crippen LogP contribution is -2.09. The van der Waals surface area contributed by atoms with Gasteiger partial charge in [-0.2, -0.15) is 0 Å². The van der Waals surface area contributed by atoms with E-state index in [0.29, 0.717) is 0 Å². The molecule has 0 saturated carbocycles. The molecule has 0 heterocycles. The van der Waals surface area contributed by atoms with Crippen LogP contribution in [0.15, 0.2) is 0 Å². The topological polar surface area (TPSA) is 0 Å². The summed E-state index contributed by atoms with van der Waals surface area (Å²) >= 11 is 0. The van der Waals surface area contributed by atoms with Gasteiger partial charge in [-0.15, -0.1) is 7.26 Å². The molecule has 0 aliphatic rings. The number of hydrogen-bond acceptors (Lipinski definition) is 0. The third kappa shape index (κ3) is 11.6. The first-order valence-electron chi connectivity index (χ1n) is 10.1. The molecular weight excluding hydrogens is 271 g/mol. The Kier molecular flexibility index (Phi) is 15.6. The minimum atomic E-state index is -0.569. The smallest absolute Gasteiger partial charge is 0.0359 e. The van der Waals surface area contributed by atoms with Crippen molar-refractivity contribution in [2.75, 3.05) is 24.6 Å². The standard InChI is InChI=1S/C20H44P/c1-5-9-11-13-15-17-19-21(7-3,8-4)20-18-16-14-12-10-6-2/h5-20H2,1-4H3. The Labute approximate surface area is 137 Å². The van der Waals surface area contributed by atoms with Crippen LogP contribution >= 0.6 is 7.26 Å². The van der Waals surface area contributed by atoms with Crippen LogP contribution in [0.5, 0.6) is 0 Å². The van der Waals surface area contributed by atoms with Crippen LogP contribution in [0.25, 0.3) is 0 Å². The van der Waals surface area contributed by atoms with Crippen LogP contribution in [0.2, 0.25) is 0 Å². The van der Waals surface area contributed by atoms with Gasteiger partial charge >= 0.3 is 0 Å². The van der Waals surface area contributed by atoms with Gasteiger partial charge in [-0.1, -0.05) is 91.9 Å². The molecule has 129 valence electrons. The molecule has 0 amide bonds. The molecule has 0 saturated heterocycles. The van der Waals surface area contributed by atoms with E-state index in [1.165, 1.54) is 89.4 Å². The molecule has 0 aromatic rings. The van der Waals surface area contributed by atoms with Gasteiger partial charge in [0.25, 0.3) is 0 Å². The molecule has 0 bridgehead atoms. The van der Waals surface area contributed by atoms with E-state index in [4.69, 9.17) is 0 Å². The fraction of sp³-hybridized carbons (Fsp3) is 1.00. The molecule has 0 N–H and O–H groups in total. The van der Waals surface area contributed by atoms with Crippen molar-refractivity contribution in [1.82, 2.24) is 0 Å². The normalized spacial score (nSPS) is 12.0. The van der Waals surface area contributed by atoms with Gasteiger partial charge in [-0.25, -0.2) is 0 Å². The second-order valence-electron chi connectivity index (χ2n) is 6.96. The maximum atomic E-state index is 2.48. The monoisotopic (exact) mass is 315 g/mol. The molecule has 0 aliphatic heterocycles. The third-order valence-corrected chi connectivity index (χ3v) is 10.5. The Morgan fingerprint density at radius 2 is 0.762 bits per heavy atom. The first-order valence-corrected chi connectivity index (χ1v) is 12.6. The van der Waals surface area contributed by atoms with E-state index in [0.717, 1.165) is 0 Å². The SMILES string of the molecule is CCCCCCCC[P](CC)(CC)CCCCCCCC. The number of unbranched alkanes of at least 4 members (excludes halogenated alkanes) is 10. The molecule has 1 heteroatoms. The van der Waals surface area contributed by atoms with Crippen LogP contribution in [0.4, 0.5) is 0 Å². The molecule has 0 unspecified atom stereocenters. The Balaban J connectivity index is 3.78. The number of hydrogen-bond donors (Lipinski definition) is 0. The fourth-order valence-electron chi connectivity index (χ4n) is 3.42. The van der Waals surface area contributed by atoms with Gasteiger partial charge in [0, 0.05) is 0 Å². The van der Waals surface area contributed by atoms with Gasteiger partial charge in [0.2, 0.25) is 0 Å². The molecule has 1 radical (unpaired) electrons. The second-order valence-corrected chi connectivity index (χ2v) is 11.8. The van der Waals surface area contributed by atoms with E-state index in [1.54, 1.807) is 12.3 Å². The van der Waals surface area contributed by atoms with Crippen LogP contribution < -0.4 is 0 Å². The summed E-state index contributed by atoms with van der Waals surface area (Å²) in [6.45, 7) is 9.58. The maximum Gasteiger partial charge on any atom is -0.0359 e. The molecule has 0 aromatic carbocycles. The molecule has 0 aromatic heterocycles. The average molecular weight is 316 g/mol. The van der Waals surface area contributed by atoms with E-state index < -0.39 is 7.26 Å². The van der Waals surface area contributed by atoms with Crippen molar-refractivity contribution < 1.29 is 0 Å². The quantitative estimate of drug-likeness (QED) is 0.201. The Hall–Kier alpha value is 0.430. The van der Waals surface area contributed by atoms with E-state index in [1.807, 2.05) is 0 Å². The zero-order valence-electron chi connectivity index (χ0n) is 15.8. The second kappa shape index (κ2) is 15.3. The molecule has 0 aliphatic carbocycles. The van der Waals surface area contributed by atoms with Crippen molar-refractivity contribution in [3.05, 3.63) is 0 Å². The summed E-state index contributed by atoms with van der Waals surface area (Å²) in [5, 5.41) is 0. The Bertz CT molecular complexity index is 178. The summed E-state index contributed by atoms with van der Waals surface area (Å²) in [7, 11) is -0.569. The van der Waals surface area contributed by atoms with Crippen LogP contribution in [0, 0.1) is 0 Å². The van der Waals surface area contributed by atoms with Crippen molar-refractivity contribution >= 4 is 7.26 Å². The van der Waals surface area contributed by atoms with Crippen molar-refractivity contribution in [3.63, 3.8) is 0 Å².